The summed E-state index contributed by atoms with van der Waals surface area (Å²) < 4.78 is 19.0. The number of amides is 4. The van der Waals surface area contributed by atoms with Crippen LogP contribution in [0.15, 0.2) is 60.2 Å². The minimum absolute atomic E-state index is 0.0332. The first kappa shape index (κ1) is 24.4. The number of nitrogens with one attached hydrogen (secondary N) is 1. The lowest BCUT2D eigenvalue weighted by Gasteiger charge is -2.27. The molecule has 1 aliphatic heterocycles. The lowest BCUT2D eigenvalue weighted by Crippen LogP contribution is -2.54. The topological polar surface area (TPSA) is 75.7 Å². The summed E-state index contributed by atoms with van der Waals surface area (Å²) in [6.45, 7) is 3.71. The molecule has 1 fully saturated rings. The van der Waals surface area contributed by atoms with Crippen molar-refractivity contribution in [1.29, 1.82) is 0 Å². The molecule has 0 spiro atoms. The van der Waals surface area contributed by atoms with Crippen LogP contribution in [-0.4, -0.2) is 17.8 Å². The predicted molar refractivity (Wildman–Crippen MR) is 132 cm³/mol. The Bertz CT molecular complexity index is 1360. The average Bonchev–Trinajstić information content (AvgIpc) is 2.75. The molecule has 0 unspecified atom stereocenters. The normalized spacial score (nSPS) is 14.9. The number of benzene rings is 3. The van der Waals surface area contributed by atoms with E-state index >= 15 is 0 Å². The van der Waals surface area contributed by atoms with Gasteiger partial charge in [0.15, 0.2) is 5.75 Å². The molecule has 4 amide bonds. The van der Waals surface area contributed by atoms with E-state index < -0.39 is 23.7 Å². The molecule has 0 aromatic heterocycles. The number of carbonyl (C=O) groups is 3. The van der Waals surface area contributed by atoms with Crippen LogP contribution in [0.5, 0.6) is 5.75 Å². The van der Waals surface area contributed by atoms with Crippen molar-refractivity contribution in [3.63, 3.8) is 0 Å². The van der Waals surface area contributed by atoms with Crippen LogP contribution in [0, 0.1) is 19.7 Å². The maximum absolute atomic E-state index is 13.4. The quantitative estimate of drug-likeness (QED) is 0.336. The van der Waals surface area contributed by atoms with Gasteiger partial charge in [0.25, 0.3) is 11.8 Å². The van der Waals surface area contributed by atoms with Gasteiger partial charge in [0, 0.05) is 0 Å². The van der Waals surface area contributed by atoms with Crippen LogP contribution in [0.2, 0.25) is 10.0 Å². The number of aryl methyl sites for hydroxylation is 2. The van der Waals surface area contributed by atoms with Gasteiger partial charge in [-0.3, -0.25) is 14.9 Å². The highest BCUT2D eigenvalue weighted by atomic mass is 35.5. The zero-order valence-electron chi connectivity index (χ0n) is 18.7. The number of nitrogens with zero attached hydrogens (tertiary/aromatic N) is 1. The Morgan fingerprint density at radius 3 is 2.26 bits per heavy atom. The Hall–Kier alpha value is -3.68. The third-order valence-electron chi connectivity index (χ3n) is 5.17. The van der Waals surface area contributed by atoms with Gasteiger partial charge in [0.05, 0.1) is 15.7 Å². The molecule has 0 bridgehead atoms. The van der Waals surface area contributed by atoms with Gasteiger partial charge >= 0.3 is 6.03 Å². The summed E-state index contributed by atoms with van der Waals surface area (Å²) in [6.07, 6.45) is 1.30. The molecule has 6 nitrogen and oxygen atoms in total. The van der Waals surface area contributed by atoms with E-state index in [9.17, 15) is 18.8 Å². The van der Waals surface area contributed by atoms with Gasteiger partial charge in [-0.05, 0) is 78.6 Å². The molecule has 1 saturated heterocycles. The molecule has 1 N–H and O–H groups in total. The van der Waals surface area contributed by atoms with Crippen LogP contribution < -0.4 is 15.0 Å². The lowest BCUT2D eigenvalue weighted by molar-refractivity contribution is -0.122. The number of carbonyl (C=O) groups excluding carboxylic acids is 3. The highest BCUT2D eigenvalue weighted by Gasteiger charge is 2.37. The number of halogens is 3. The van der Waals surface area contributed by atoms with Crippen molar-refractivity contribution in [2.75, 3.05) is 4.90 Å². The van der Waals surface area contributed by atoms with Crippen LogP contribution in [-0.2, 0) is 16.2 Å². The Morgan fingerprint density at radius 2 is 1.63 bits per heavy atom. The molecule has 0 saturated carbocycles. The smallest absolute Gasteiger partial charge is 0.335 e. The molecule has 0 atom stereocenters. The lowest BCUT2D eigenvalue weighted by atomic mass is 10.1. The molecular formula is C26H19Cl2FN2O4. The van der Waals surface area contributed by atoms with Crippen LogP contribution in [0.1, 0.15) is 22.3 Å². The highest BCUT2D eigenvalue weighted by Crippen LogP contribution is 2.36. The third-order valence-corrected chi connectivity index (χ3v) is 5.73. The van der Waals surface area contributed by atoms with Crippen LogP contribution in [0.4, 0.5) is 14.9 Å². The summed E-state index contributed by atoms with van der Waals surface area (Å²) in [4.78, 5) is 39.0. The maximum atomic E-state index is 13.4. The standard InChI is InChI=1S/C26H19Cl2FN2O4/c1-14-6-15(2)8-19(7-14)31-25(33)20(24(32)30-26(31)34)10-17-11-21(27)23(22(28)12-17)35-13-16-4-3-5-18(29)9-16/h3-12H,13H2,1-2H3,(H,30,32,34)/b20-10+. The fraction of sp³-hybridized carbons (Fsp3) is 0.115. The van der Waals surface area contributed by atoms with Crippen molar-refractivity contribution < 1.29 is 23.5 Å². The van der Waals surface area contributed by atoms with Crippen molar-refractivity contribution in [3.8, 4) is 5.75 Å². The summed E-state index contributed by atoms with van der Waals surface area (Å²) in [5, 5.41) is 2.45. The van der Waals surface area contributed by atoms with E-state index in [0.717, 1.165) is 16.0 Å². The number of rotatable bonds is 5. The number of urea groups is 1. The Morgan fingerprint density at radius 1 is 0.971 bits per heavy atom. The number of ether oxygens (including phenoxy) is 1. The summed E-state index contributed by atoms with van der Waals surface area (Å²) >= 11 is 12.7. The van der Waals surface area contributed by atoms with Gasteiger partial charge in [-0.25, -0.2) is 14.1 Å². The van der Waals surface area contributed by atoms with E-state index in [1.165, 1.54) is 30.3 Å². The van der Waals surface area contributed by atoms with Gasteiger partial charge in [-0.15, -0.1) is 0 Å². The van der Waals surface area contributed by atoms with Crippen molar-refractivity contribution in [1.82, 2.24) is 5.32 Å². The van der Waals surface area contributed by atoms with Gasteiger partial charge < -0.3 is 4.74 Å². The second-order valence-electron chi connectivity index (χ2n) is 8.04. The van der Waals surface area contributed by atoms with Crippen LogP contribution >= 0.6 is 23.2 Å². The van der Waals surface area contributed by atoms with Gasteiger partial charge in [0.1, 0.15) is 18.0 Å². The molecule has 4 rings (SSSR count). The Balaban J connectivity index is 1.62. The van der Waals surface area contributed by atoms with E-state index in [0.29, 0.717) is 16.8 Å². The second-order valence-corrected chi connectivity index (χ2v) is 8.85. The second kappa shape index (κ2) is 9.90. The molecule has 3 aromatic carbocycles. The Kier molecular flexibility index (Phi) is 6.91. The zero-order chi connectivity index (χ0) is 25.3. The van der Waals surface area contributed by atoms with E-state index in [-0.39, 0.29) is 28.0 Å². The first-order chi connectivity index (χ1) is 16.6. The Labute approximate surface area is 210 Å². The number of anilines is 1. The fourth-order valence-electron chi connectivity index (χ4n) is 3.72. The molecule has 178 valence electrons. The largest absolute Gasteiger partial charge is 0.486 e. The minimum Gasteiger partial charge on any atom is -0.486 e. The van der Waals surface area contributed by atoms with Gasteiger partial charge in [-0.2, -0.15) is 0 Å². The highest BCUT2D eigenvalue weighted by molar-refractivity contribution is 6.40. The molecular weight excluding hydrogens is 494 g/mol. The number of hydrogen-bond donors (Lipinski definition) is 1. The SMILES string of the molecule is Cc1cc(C)cc(N2C(=O)NC(=O)/C(=C\c3cc(Cl)c(OCc4cccc(F)c4)c(Cl)c3)C2=O)c1. The number of imide groups is 2. The number of hydrogen-bond acceptors (Lipinski definition) is 4. The van der Waals surface area contributed by atoms with Crippen molar-refractivity contribution >= 4 is 52.8 Å². The molecule has 1 aliphatic rings. The summed E-state index contributed by atoms with van der Waals surface area (Å²) in [5.74, 6) is -1.83. The molecule has 1 heterocycles. The molecule has 0 aliphatic carbocycles. The fourth-order valence-corrected chi connectivity index (χ4v) is 4.33. The monoisotopic (exact) mass is 512 g/mol. The number of barbiturate groups is 1. The van der Waals surface area contributed by atoms with Gasteiger partial charge in [0.2, 0.25) is 0 Å². The van der Waals surface area contributed by atoms with Crippen molar-refractivity contribution in [2.45, 2.75) is 20.5 Å². The zero-order valence-corrected chi connectivity index (χ0v) is 20.2. The summed E-state index contributed by atoms with van der Waals surface area (Å²) in [6, 6.07) is 13.3. The third kappa shape index (κ3) is 5.37. The summed E-state index contributed by atoms with van der Waals surface area (Å²) in [5.41, 5.74) is 2.74. The van der Waals surface area contributed by atoms with E-state index in [4.69, 9.17) is 27.9 Å². The first-order valence-electron chi connectivity index (χ1n) is 10.5. The molecule has 35 heavy (non-hydrogen) atoms. The van der Waals surface area contributed by atoms with Crippen LogP contribution in [0.3, 0.4) is 0 Å². The van der Waals surface area contributed by atoms with E-state index in [2.05, 4.69) is 5.32 Å². The molecule has 3 aromatic rings. The van der Waals surface area contributed by atoms with E-state index in [1.54, 1.807) is 24.3 Å². The molecule has 0 radical (unpaired) electrons. The summed E-state index contributed by atoms with van der Waals surface area (Å²) in [7, 11) is 0. The average molecular weight is 513 g/mol. The minimum atomic E-state index is -0.834. The van der Waals surface area contributed by atoms with Crippen LogP contribution in [0.25, 0.3) is 6.08 Å². The first-order valence-corrected chi connectivity index (χ1v) is 11.2. The van der Waals surface area contributed by atoms with Crippen molar-refractivity contribution in [2.24, 2.45) is 0 Å². The van der Waals surface area contributed by atoms with E-state index in [1.807, 2.05) is 19.9 Å². The maximum Gasteiger partial charge on any atom is 0.335 e. The van der Waals surface area contributed by atoms with Gasteiger partial charge in [-0.1, -0.05) is 41.4 Å². The van der Waals surface area contributed by atoms with Crippen molar-refractivity contribution in [3.05, 3.63) is 98.3 Å². The predicted octanol–water partition coefficient (Wildman–Crippen LogP) is 5.99. The molecule has 9 heteroatoms.